The van der Waals surface area contributed by atoms with Crippen molar-refractivity contribution in [2.24, 2.45) is 0 Å². The van der Waals surface area contributed by atoms with Gasteiger partial charge in [0.1, 0.15) is 0 Å². The molecule has 2 aromatic carbocycles. The quantitative estimate of drug-likeness (QED) is 0.576. The first-order valence-corrected chi connectivity index (χ1v) is 6.81. The van der Waals surface area contributed by atoms with Crippen molar-refractivity contribution in [3.8, 4) is 22.6 Å². The molecule has 19 heavy (non-hydrogen) atoms. The van der Waals surface area contributed by atoms with E-state index < -0.39 is 0 Å². The summed E-state index contributed by atoms with van der Waals surface area (Å²) in [6.45, 7) is 0.602. The predicted molar refractivity (Wildman–Crippen MR) is 79.3 cm³/mol. The monoisotopic (exact) mass is 276 g/mol. The molecule has 0 fully saturated rings. The normalized spacial score (nSPS) is 10.2. The lowest BCUT2D eigenvalue weighted by Gasteiger charge is -2.12. The zero-order valence-corrected chi connectivity index (χ0v) is 11.7. The highest BCUT2D eigenvalue weighted by Crippen LogP contribution is 2.32. The lowest BCUT2D eigenvalue weighted by atomic mass is 10.1. The van der Waals surface area contributed by atoms with Crippen molar-refractivity contribution in [2.45, 2.75) is 6.42 Å². The van der Waals surface area contributed by atoms with E-state index in [2.05, 4.69) is 12.1 Å². The molecule has 0 aromatic heterocycles. The first-order valence-electron chi connectivity index (χ1n) is 6.27. The van der Waals surface area contributed by atoms with Crippen LogP contribution in [0.2, 0.25) is 0 Å². The number of rotatable bonds is 6. The zero-order valence-electron chi connectivity index (χ0n) is 10.9. The highest BCUT2D eigenvalue weighted by atomic mass is 35.5. The van der Waals surface area contributed by atoms with Gasteiger partial charge in [0.15, 0.2) is 11.5 Å². The molecule has 3 heteroatoms. The number of hydrogen-bond donors (Lipinski definition) is 0. The highest BCUT2D eigenvalue weighted by molar-refractivity contribution is 6.17. The molecule has 0 aliphatic carbocycles. The predicted octanol–water partition coefficient (Wildman–Crippen LogP) is 4.37. The van der Waals surface area contributed by atoms with E-state index in [0.29, 0.717) is 12.5 Å². The fraction of sp³-hybridized carbons (Fsp3) is 0.250. The lowest BCUT2D eigenvalue weighted by Crippen LogP contribution is -1.99. The largest absolute Gasteiger partial charge is 0.493 e. The second-order valence-electron chi connectivity index (χ2n) is 4.12. The van der Waals surface area contributed by atoms with E-state index in [1.165, 1.54) is 0 Å². The van der Waals surface area contributed by atoms with Crippen LogP contribution in [0.3, 0.4) is 0 Å². The Kier molecular flexibility index (Phi) is 5.10. The molecule has 0 N–H and O–H groups in total. The minimum absolute atomic E-state index is 0.602. The number of ether oxygens (including phenoxy) is 2. The molecule has 0 aliphatic heterocycles. The van der Waals surface area contributed by atoms with Crippen LogP contribution in [0.25, 0.3) is 11.1 Å². The fourth-order valence-corrected chi connectivity index (χ4v) is 1.94. The zero-order chi connectivity index (χ0) is 13.5. The average Bonchev–Trinajstić information content (AvgIpc) is 2.48. The lowest BCUT2D eigenvalue weighted by molar-refractivity contribution is 0.295. The Balaban J connectivity index is 2.21. The van der Waals surface area contributed by atoms with Crippen molar-refractivity contribution in [1.82, 2.24) is 0 Å². The standard InChI is InChI=1S/C16H17ClO2/c1-18-16-12-14(13-6-3-2-4-7-13)8-9-15(16)19-11-5-10-17/h2-4,6-9,12H,5,10-11H2,1H3. The minimum Gasteiger partial charge on any atom is -0.493 e. The van der Waals surface area contributed by atoms with Gasteiger partial charge in [0.2, 0.25) is 0 Å². The Labute approximate surface area is 118 Å². The van der Waals surface area contributed by atoms with Crippen LogP contribution in [-0.4, -0.2) is 19.6 Å². The fourth-order valence-electron chi connectivity index (χ4n) is 1.83. The van der Waals surface area contributed by atoms with Gasteiger partial charge >= 0.3 is 0 Å². The number of benzene rings is 2. The molecule has 2 rings (SSSR count). The van der Waals surface area contributed by atoms with Gasteiger partial charge in [-0.05, 0) is 29.7 Å². The van der Waals surface area contributed by atoms with E-state index in [1.807, 2.05) is 36.4 Å². The van der Waals surface area contributed by atoms with Crippen molar-refractivity contribution in [2.75, 3.05) is 19.6 Å². The molecule has 0 aliphatic rings. The van der Waals surface area contributed by atoms with Crippen molar-refractivity contribution in [1.29, 1.82) is 0 Å². The molecule has 0 spiro atoms. The smallest absolute Gasteiger partial charge is 0.161 e. The molecule has 0 bridgehead atoms. The average molecular weight is 277 g/mol. The van der Waals surface area contributed by atoms with Crippen molar-refractivity contribution >= 4 is 11.6 Å². The first kappa shape index (κ1) is 13.8. The van der Waals surface area contributed by atoms with Crippen LogP contribution in [0.5, 0.6) is 11.5 Å². The van der Waals surface area contributed by atoms with Gasteiger partial charge in [0.05, 0.1) is 13.7 Å². The Bertz CT molecular complexity index is 511. The molecule has 2 nitrogen and oxygen atoms in total. The van der Waals surface area contributed by atoms with Gasteiger partial charge < -0.3 is 9.47 Å². The van der Waals surface area contributed by atoms with E-state index in [0.717, 1.165) is 29.0 Å². The minimum atomic E-state index is 0.602. The summed E-state index contributed by atoms with van der Waals surface area (Å²) >= 11 is 5.64. The number of hydrogen-bond acceptors (Lipinski definition) is 2. The molecule has 2 aromatic rings. The van der Waals surface area contributed by atoms with Crippen LogP contribution in [-0.2, 0) is 0 Å². The van der Waals surface area contributed by atoms with Crippen LogP contribution in [0.1, 0.15) is 6.42 Å². The molecule has 0 unspecified atom stereocenters. The molecule has 100 valence electrons. The molecule has 0 radical (unpaired) electrons. The SMILES string of the molecule is COc1cc(-c2ccccc2)ccc1OCCCCl. The van der Waals surface area contributed by atoms with Gasteiger partial charge in [0, 0.05) is 5.88 Å². The summed E-state index contributed by atoms with van der Waals surface area (Å²) in [6, 6.07) is 16.2. The summed E-state index contributed by atoms with van der Waals surface area (Å²) < 4.78 is 11.0. The molecular weight excluding hydrogens is 260 g/mol. The summed E-state index contributed by atoms with van der Waals surface area (Å²) in [5.41, 5.74) is 2.27. The van der Waals surface area contributed by atoms with Crippen LogP contribution >= 0.6 is 11.6 Å². The molecule has 0 amide bonds. The Morgan fingerprint density at radius 2 is 1.74 bits per heavy atom. The third kappa shape index (κ3) is 3.65. The van der Waals surface area contributed by atoms with Crippen molar-refractivity contribution in [3.05, 3.63) is 48.5 Å². The Morgan fingerprint density at radius 1 is 0.947 bits per heavy atom. The summed E-state index contributed by atoms with van der Waals surface area (Å²) in [4.78, 5) is 0. The van der Waals surface area contributed by atoms with Gasteiger partial charge in [-0.1, -0.05) is 36.4 Å². The van der Waals surface area contributed by atoms with Crippen molar-refractivity contribution < 1.29 is 9.47 Å². The maximum atomic E-state index is 5.65. The summed E-state index contributed by atoms with van der Waals surface area (Å²) in [6.07, 6.45) is 0.825. The van der Waals surface area contributed by atoms with Gasteiger partial charge in [-0.25, -0.2) is 0 Å². The van der Waals surface area contributed by atoms with Crippen LogP contribution in [0.15, 0.2) is 48.5 Å². The topological polar surface area (TPSA) is 18.5 Å². The maximum absolute atomic E-state index is 5.65. The highest BCUT2D eigenvalue weighted by Gasteiger charge is 2.06. The molecule has 0 heterocycles. The van der Waals surface area contributed by atoms with Crippen LogP contribution in [0.4, 0.5) is 0 Å². The summed E-state index contributed by atoms with van der Waals surface area (Å²) in [7, 11) is 1.65. The maximum Gasteiger partial charge on any atom is 0.161 e. The third-order valence-electron chi connectivity index (χ3n) is 2.81. The molecule has 0 saturated heterocycles. The molecule has 0 saturated carbocycles. The van der Waals surface area contributed by atoms with E-state index in [-0.39, 0.29) is 0 Å². The van der Waals surface area contributed by atoms with Crippen LogP contribution in [0, 0.1) is 0 Å². The molecular formula is C16H17ClO2. The van der Waals surface area contributed by atoms with Gasteiger partial charge in [-0.15, -0.1) is 11.6 Å². The Hall–Kier alpha value is -1.67. The van der Waals surface area contributed by atoms with Crippen molar-refractivity contribution in [3.63, 3.8) is 0 Å². The first-order chi connectivity index (χ1) is 9.35. The Morgan fingerprint density at radius 3 is 2.42 bits per heavy atom. The van der Waals surface area contributed by atoms with Gasteiger partial charge in [-0.2, -0.15) is 0 Å². The second-order valence-corrected chi connectivity index (χ2v) is 4.50. The summed E-state index contributed by atoms with van der Waals surface area (Å²) in [5.74, 6) is 2.10. The van der Waals surface area contributed by atoms with E-state index in [1.54, 1.807) is 7.11 Å². The number of methoxy groups -OCH3 is 1. The number of alkyl halides is 1. The van der Waals surface area contributed by atoms with Gasteiger partial charge in [0.25, 0.3) is 0 Å². The summed E-state index contributed by atoms with van der Waals surface area (Å²) in [5, 5.41) is 0. The van der Waals surface area contributed by atoms with E-state index in [9.17, 15) is 0 Å². The third-order valence-corrected chi connectivity index (χ3v) is 3.07. The van der Waals surface area contributed by atoms with Gasteiger partial charge in [-0.3, -0.25) is 0 Å². The second kappa shape index (κ2) is 7.05. The molecule has 0 atom stereocenters. The van der Waals surface area contributed by atoms with E-state index >= 15 is 0 Å². The van der Waals surface area contributed by atoms with Crippen LogP contribution < -0.4 is 9.47 Å². The number of halogens is 1. The van der Waals surface area contributed by atoms with E-state index in [4.69, 9.17) is 21.1 Å².